The van der Waals surface area contributed by atoms with E-state index < -0.39 is 22.0 Å². The topological polar surface area (TPSA) is 67.3 Å². The van der Waals surface area contributed by atoms with Crippen LogP contribution in [0.1, 0.15) is 30.4 Å². The Morgan fingerprint density at radius 1 is 0.966 bits per heavy atom. The van der Waals surface area contributed by atoms with Gasteiger partial charge >= 0.3 is 5.97 Å². The highest BCUT2D eigenvalue weighted by Crippen LogP contribution is 2.24. The lowest BCUT2D eigenvalue weighted by atomic mass is 9.97. The van der Waals surface area contributed by atoms with Crippen LogP contribution in [-0.4, -0.2) is 25.5 Å². The minimum absolute atomic E-state index is 0.350. The fourth-order valence-corrected chi connectivity index (χ4v) is 4.45. The van der Waals surface area contributed by atoms with Gasteiger partial charge in [0.15, 0.2) is 0 Å². The van der Waals surface area contributed by atoms with Crippen LogP contribution in [0.15, 0.2) is 96.2 Å². The van der Waals surface area contributed by atoms with E-state index in [0.29, 0.717) is 24.2 Å². The van der Waals surface area contributed by atoms with Gasteiger partial charge < -0.3 is 5.11 Å². The normalized spacial score (nSPS) is 13.6. The molecule has 0 radical (unpaired) electrons. The first-order valence-electron chi connectivity index (χ1n) is 9.51. The lowest BCUT2D eigenvalue weighted by molar-refractivity contribution is -0.136. The van der Waals surface area contributed by atoms with Crippen molar-refractivity contribution in [1.29, 1.82) is 0 Å². The average Bonchev–Trinajstić information content (AvgIpc) is 2.77. The number of pyridine rings is 1. The lowest BCUT2D eigenvalue weighted by Gasteiger charge is -2.12. The Morgan fingerprint density at radius 2 is 1.62 bits per heavy atom. The summed E-state index contributed by atoms with van der Waals surface area (Å²) in [4.78, 5) is 16.4. The molecule has 148 valence electrons. The SMILES string of the molecule is O=C(O)C(CCCC=C(c1ccccc1)c1cccnc1)S(=O)c1ccccc1. The zero-order valence-electron chi connectivity index (χ0n) is 16.0. The van der Waals surface area contributed by atoms with Crippen LogP contribution in [0.2, 0.25) is 0 Å². The van der Waals surface area contributed by atoms with E-state index in [-0.39, 0.29) is 0 Å². The molecule has 0 spiro atoms. The van der Waals surface area contributed by atoms with Crippen LogP contribution in [0.25, 0.3) is 5.57 Å². The maximum absolute atomic E-state index is 12.7. The van der Waals surface area contributed by atoms with Crippen LogP contribution in [0.3, 0.4) is 0 Å². The predicted octanol–water partition coefficient (Wildman–Crippen LogP) is 4.94. The van der Waals surface area contributed by atoms with Crippen LogP contribution in [0.5, 0.6) is 0 Å². The Kier molecular flexibility index (Phi) is 7.47. The molecule has 2 unspecified atom stereocenters. The standard InChI is InChI=1S/C24H23NO3S/c26-24(27)23(29(28)21-13-5-2-6-14-21)16-8-7-15-22(19-10-3-1-4-11-19)20-12-9-17-25-18-20/h1-6,9-15,17-18,23H,7-8,16H2,(H,26,27). The molecule has 1 aromatic heterocycles. The van der Waals surface area contributed by atoms with Crippen molar-refractivity contribution in [2.45, 2.75) is 29.4 Å². The maximum Gasteiger partial charge on any atom is 0.319 e. The van der Waals surface area contributed by atoms with E-state index in [0.717, 1.165) is 16.7 Å². The fraction of sp³-hybridized carbons (Fsp3) is 0.167. The quantitative estimate of drug-likeness (QED) is 0.512. The minimum Gasteiger partial charge on any atom is -0.480 e. The Morgan fingerprint density at radius 3 is 2.24 bits per heavy atom. The van der Waals surface area contributed by atoms with Gasteiger partial charge in [0.1, 0.15) is 5.25 Å². The molecule has 0 aliphatic rings. The summed E-state index contributed by atoms with van der Waals surface area (Å²) in [7, 11) is -1.57. The molecule has 3 aromatic rings. The van der Waals surface area contributed by atoms with Crippen LogP contribution in [-0.2, 0) is 15.6 Å². The second-order valence-electron chi connectivity index (χ2n) is 6.59. The molecule has 4 nitrogen and oxygen atoms in total. The number of hydrogen-bond acceptors (Lipinski definition) is 3. The highest BCUT2D eigenvalue weighted by molar-refractivity contribution is 7.86. The van der Waals surface area contributed by atoms with Crippen LogP contribution in [0.4, 0.5) is 0 Å². The van der Waals surface area contributed by atoms with Gasteiger partial charge in [-0.25, -0.2) is 0 Å². The third-order valence-electron chi connectivity index (χ3n) is 4.59. The van der Waals surface area contributed by atoms with E-state index in [2.05, 4.69) is 11.1 Å². The Labute approximate surface area is 173 Å². The molecular weight excluding hydrogens is 382 g/mol. The number of benzene rings is 2. The number of aliphatic carboxylic acids is 1. The van der Waals surface area contributed by atoms with E-state index in [1.807, 2.05) is 54.7 Å². The largest absolute Gasteiger partial charge is 0.480 e. The number of allylic oxidation sites excluding steroid dienone is 1. The number of unbranched alkanes of at least 4 members (excludes halogenated alkanes) is 1. The van der Waals surface area contributed by atoms with Gasteiger partial charge in [0.2, 0.25) is 0 Å². The minimum atomic E-state index is -1.57. The monoisotopic (exact) mass is 405 g/mol. The first-order chi connectivity index (χ1) is 14.2. The first-order valence-corrected chi connectivity index (χ1v) is 10.7. The van der Waals surface area contributed by atoms with E-state index in [9.17, 15) is 14.1 Å². The summed E-state index contributed by atoms with van der Waals surface area (Å²) >= 11 is 0. The number of carboxylic acid groups (broad SMARTS) is 1. The van der Waals surface area contributed by atoms with Gasteiger partial charge in [-0.15, -0.1) is 0 Å². The van der Waals surface area contributed by atoms with Gasteiger partial charge in [-0.3, -0.25) is 14.0 Å². The number of carboxylic acids is 1. The van der Waals surface area contributed by atoms with Gasteiger partial charge in [0.05, 0.1) is 10.8 Å². The van der Waals surface area contributed by atoms with E-state index in [1.54, 1.807) is 30.5 Å². The second-order valence-corrected chi connectivity index (χ2v) is 8.23. The summed E-state index contributed by atoms with van der Waals surface area (Å²) in [5.74, 6) is -1.02. The van der Waals surface area contributed by atoms with Crippen LogP contribution >= 0.6 is 0 Å². The van der Waals surface area contributed by atoms with Crippen LogP contribution < -0.4 is 0 Å². The highest BCUT2D eigenvalue weighted by Gasteiger charge is 2.25. The summed E-state index contributed by atoms with van der Waals surface area (Å²) in [6.07, 6.45) is 7.34. The predicted molar refractivity (Wildman–Crippen MR) is 116 cm³/mol. The Bertz CT molecular complexity index is 931. The molecule has 2 atom stereocenters. The van der Waals surface area contributed by atoms with E-state index in [4.69, 9.17) is 0 Å². The lowest BCUT2D eigenvalue weighted by Crippen LogP contribution is -2.25. The molecule has 0 aliphatic carbocycles. The molecule has 1 heterocycles. The third kappa shape index (κ3) is 5.72. The maximum atomic E-state index is 12.7. The zero-order chi connectivity index (χ0) is 20.5. The number of hydrogen-bond donors (Lipinski definition) is 1. The molecule has 0 saturated heterocycles. The van der Waals surface area contributed by atoms with Crippen molar-refractivity contribution in [3.63, 3.8) is 0 Å². The molecule has 3 rings (SSSR count). The molecule has 0 fully saturated rings. The van der Waals surface area contributed by atoms with Crippen molar-refractivity contribution < 1.29 is 14.1 Å². The molecule has 0 saturated carbocycles. The molecular formula is C24H23NO3S. The Balaban J connectivity index is 1.71. The smallest absolute Gasteiger partial charge is 0.319 e. The van der Waals surface area contributed by atoms with Gasteiger partial charge in [0, 0.05) is 22.9 Å². The van der Waals surface area contributed by atoms with Crippen molar-refractivity contribution in [2.24, 2.45) is 0 Å². The molecule has 5 heteroatoms. The summed E-state index contributed by atoms with van der Waals surface area (Å²) in [6, 6.07) is 22.7. The molecule has 29 heavy (non-hydrogen) atoms. The zero-order valence-corrected chi connectivity index (χ0v) is 16.8. The Hall–Kier alpha value is -3.05. The van der Waals surface area contributed by atoms with Gasteiger partial charge in [0.25, 0.3) is 0 Å². The second kappa shape index (κ2) is 10.5. The third-order valence-corrected chi connectivity index (χ3v) is 6.28. The highest BCUT2D eigenvalue weighted by atomic mass is 32.2. The number of carbonyl (C=O) groups is 1. The molecule has 0 amide bonds. The van der Waals surface area contributed by atoms with Crippen molar-refractivity contribution in [2.75, 3.05) is 0 Å². The molecule has 1 N–H and O–H groups in total. The van der Waals surface area contributed by atoms with Crippen molar-refractivity contribution >= 4 is 22.3 Å². The summed E-state index contributed by atoms with van der Waals surface area (Å²) in [5, 5.41) is 8.64. The number of rotatable bonds is 9. The summed E-state index contributed by atoms with van der Waals surface area (Å²) in [5.41, 5.74) is 3.17. The van der Waals surface area contributed by atoms with Crippen molar-refractivity contribution in [3.05, 3.63) is 102 Å². The molecule has 2 aromatic carbocycles. The van der Waals surface area contributed by atoms with Crippen molar-refractivity contribution in [3.8, 4) is 0 Å². The van der Waals surface area contributed by atoms with Gasteiger partial charge in [-0.2, -0.15) is 0 Å². The number of aromatic nitrogens is 1. The first kappa shape index (κ1) is 20.7. The number of nitrogens with zero attached hydrogens (tertiary/aromatic N) is 1. The van der Waals surface area contributed by atoms with Gasteiger partial charge in [-0.1, -0.05) is 60.7 Å². The summed E-state index contributed by atoms with van der Waals surface area (Å²) in [6.45, 7) is 0. The van der Waals surface area contributed by atoms with Gasteiger partial charge in [-0.05, 0) is 48.6 Å². The summed E-state index contributed by atoms with van der Waals surface area (Å²) < 4.78 is 12.7. The fourth-order valence-electron chi connectivity index (χ4n) is 3.13. The van der Waals surface area contributed by atoms with E-state index in [1.165, 1.54) is 0 Å². The molecule has 0 bridgehead atoms. The van der Waals surface area contributed by atoms with E-state index >= 15 is 0 Å². The van der Waals surface area contributed by atoms with Crippen LogP contribution in [0, 0.1) is 0 Å². The molecule has 0 aliphatic heterocycles. The van der Waals surface area contributed by atoms with Crippen molar-refractivity contribution in [1.82, 2.24) is 4.98 Å². The average molecular weight is 406 g/mol.